The molecule has 2 aromatic rings. The Morgan fingerprint density at radius 2 is 1.79 bits per heavy atom. The van der Waals surface area contributed by atoms with Crippen LogP contribution in [-0.4, -0.2) is 49.1 Å². The first-order valence-corrected chi connectivity index (χ1v) is 10.7. The highest BCUT2D eigenvalue weighted by atomic mass is 32.1. The Labute approximate surface area is 173 Å². The average Bonchev–Trinajstić information content (AvgIpc) is 3.04. The molecule has 2 rings (SSSR count). The van der Waals surface area contributed by atoms with Crippen LogP contribution >= 0.6 is 11.3 Å². The number of nitrogens with one attached hydrogen (secondary N) is 2. The van der Waals surface area contributed by atoms with Gasteiger partial charge in [0.15, 0.2) is 5.96 Å². The number of aliphatic imine (C=N–C) groups is 1. The summed E-state index contributed by atoms with van der Waals surface area (Å²) in [5, 5.41) is 7.73. The molecule has 2 N–H and O–H groups in total. The Balaban J connectivity index is 1.74. The zero-order valence-corrected chi connectivity index (χ0v) is 18.5. The van der Waals surface area contributed by atoms with Crippen LogP contribution in [0.2, 0.25) is 0 Å². The van der Waals surface area contributed by atoms with E-state index in [1.165, 1.54) is 10.4 Å². The average molecular weight is 404 g/mol. The van der Waals surface area contributed by atoms with Crippen molar-refractivity contribution in [3.05, 3.63) is 45.4 Å². The van der Waals surface area contributed by atoms with Gasteiger partial charge in [0.05, 0.1) is 12.2 Å². The number of ether oxygens (including phenoxy) is 1. The van der Waals surface area contributed by atoms with E-state index in [0.717, 1.165) is 42.0 Å². The van der Waals surface area contributed by atoms with E-state index in [2.05, 4.69) is 58.4 Å². The van der Waals surface area contributed by atoms with E-state index in [4.69, 9.17) is 4.74 Å². The van der Waals surface area contributed by atoms with Gasteiger partial charge in [-0.3, -0.25) is 4.99 Å². The molecule has 0 atom stereocenters. The van der Waals surface area contributed by atoms with Gasteiger partial charge in [0, 0.05) is 25.0 Å². The molecule has 0 fully saturated rings. The molecule has 1 aromatic carbocycles. The van der Waals surface area contributed by atoms with E-state index < -0.39 is 0 Å². The van der Waals surface area contributed by atoms with Gasteiger partial charge in [0.1, 0.15) is 17.4 Å². The molecule has 28 heavy (non-hydrogen) atoms. The quantitative estimate of drug-likeness (QED) is 0.471. The fraction of sp³-hybridized carbons (Fsp3) is 0.524. The van der Waals surface area contributed by atoms with Gasteiger partial charge in [-0.2, -0.15) is 0 Å². The maximum absolute atomic E-state index is 5.84. The first kappa shape index (κ1) is 22.2. The van der Waals surface area contributed by atoms with Gasteiger partial charge in [-0.25, -0.2) is 4.98 Å². The fourth-order valence-corrected chi connectivity index (χ4v) is 3.59. The molecule has 0 radical (unpaired) electrons. The van der Waals surface area contributed by atoms with E-state index >= 15 is 0 Å². The van der Waals surface area contributed by atoms with Crippen LogP contribution in [0.5, 0.6) is 5.75 Å². The maximum Gasteiger partial charge on any atom is 0.191 e. The normalized spacial score (nSPS) is 11.7. The van der Waals surface area contributed by atoms with E-state index in [0.29, 0.717) is 19.7 Å². The molecule has 0 unspecified atom stereocenters. The van der Waals surface area contributed by atoms with Crippen LogP contribution in [0.3, 0.4) is 0 Å². The molecule has 0 amide bonds. The van der Waals surface area contributed by atoms with E-state index in [9.17, 15) is 0 Å². The first-order valence-electron chi connectivity index (χ1n) is 9.87. The molecule has 0 aliphatic heterocycles. The second kappa shape index (κ2) is 11.7. The fourth-order valence-electron chi connectivity index (χ4n) is 2.72. The third-order valence-corrected chi connectivity index (χ3v) is 5.73. The summed E-state index contributed by atoms with van der Waals surface area (Å²) in [4.78, 5) is 12.4. The molecule has 0 aliphatic rings. The van der Waals surface area contributed by atoms with Crippen molar-refractivity contribution in [1.82, 2.24) is 20.5 Å². The van der Waals surface area contributed by atoms with Crippen molar-refractivity contribution < 1.29 is 4.74 Å². The molecule has 154 valence electrons. The molecule has 0 saturated carbocycles. The number of aryl methyl sites for hydroxylation is 2. The van der Waals surface area contributed by atoms with Crippen molar-refractivity contribution in [3.8, 4) is 5.75 Å². The van der Waals surface area contributed by atoms with Crippen molar-refractivity contribution >= 4 is 17.3 Å². The lowest BCUT2D eigenvalue weighted by Crippen LogP contribution is -2.36. The standard InChI is InChI=1S/C21H33N5OS/c1-6-26(7-2)12-13-27-19-10-8-18(9-11-19)14-23-21(22-5)24-15-20-25-16(3)17(4)28-20/h8-11H,6-7,12-15H2,1-5H3,(H2,22,23,24). The number of hydrogen-bond acceptors (Lipinski definition) is 5. The molecule has 1 heterocycles. The Kier molecular flexibility index (Phi) is 9.23. The molecule has 1 aromatic heterocycles. The third kappa shape index (κ3) is 7.13. The van der Waals surface area contributed by atoms with Gasteiger partial charge in [-0.15, -0.1) is 11.3 Å². The highest BCUT2D eigenvalue weighted by molar-refractivity contribution is 7.11. The van der Waals surface area contributed by atoms with Crippen LogP contribution in [0.4, 0.5) is 0 Å². The van der Waals surface area contributed by atoms with E-state index in [1.54, 1.807) is 18.4 Å². The van der Waals surface area contributed by atoms with Crippen LogP contribution in [0.1, 0.15) is 35.0 Å². The van der Waals surface area contributed by atoms with Gasteiger partial charge in [0.25, 0.3) is 0 Å². The number of nitrogens with zero attached hydrogens (tertiary/aromatic N) is 3. The second-order valence-corrected chi connectivity index (χ2v) is 7.84. The Morgan fingerprint density at radius 3 is 2.36 bits per heavy atom. The smallest absolute Gasteiger partial charge is 0.191 e. The molecule has 7 heteroatoms. The Hall–Kier alpha value is -2.12. The number of aromatic nitrogens is 1. The molecule has 0 saturated heterocycles. The molecule has 6 nitrogen and oxygen atoms in total. The Morgan fingerprint density at radius 1 is 1.11 bits per heavy atom. The van der Waals surface area contributed by atoms with Crippen LogP contribution in [0.15, 0.2) is 29.3 Å². The summed E-state index contributed by atoms with van der Waals surface area (Å²) in [6.45, 7) is 13.7. The van der Waals surface area contributed by atoms with Gasteiger partial charge in [-0.05, 0) is 44.6 Å². The molecular formula is C21H33N5OS. The van der Waals surface area contributed by atoms with Gasteiger partial charge >= 0.3 is 0 Å². The maximum atomic E-state index is 5.84. The summed E-state index contributed by atoms with van der Waals surface area (Å²) in [6, 6.07) is 8.22. The zero-order chi connectivity index (χ0) is 20.4. The Bertz CT molecular complexity index is 718. The first-order chi connectivity index (χ1) is 13.5. The van der Waals surface area contributed by atoms with E-state index in [-0.39, 0.29) is 0 Å². The lowest BCUT2D eigenvalue weighted by Gasteiger charge is -2.18. The van der Waals surface area contributed by atoms with Gasteiger partial charge < -0.3 is 20.3 Å². The summed E-state index contributed by atoms with van der Waals surface area (Å²) in [5.41, 5.74) is 2.28. The summed E-state index contributed by atoms with van der Waals surface area (Å²) in [6.07, 6.45) is 0. The van der Waals surface area contributed by atoms with E-state index in [1.807, 2.05) is 19.1 Å². The van der Waals surface area contributed by atoms with Crippen LogP contribution in [0, 0.1) is 13.8 Å². The van der Waals surface area contributed by atoms with Gasteiger partial charge in [-0.1, -0.05) is 26.0 Å². The zero-order valence-electron chi connectivity index (χ0n) is 17.7. The lowest BCUT2D eigenvalue weighted by atomic mass is 10.2. The van der Waals surface area contributed by atoms with Crippen molar-refractivity contribution in [2.75, 3.05) is 33.3 Å². The molecule has 0 bridgehead atoms. The summed E-state index contributed by atoms with van der Waals surface area (Å²) < 4.78 is 5.84. The topological polar surface area (TPSA) is 61.8 Å². The number of likely N-dealkylation sites (N-methyl/N-ethyl adjacent to an activating group) is 1. The molecular weight excluding hydrogens is 370 g/mol. The third-order valence-electron chi connectivity index (χ3n) is 4.66. The minimum absolute atomic E-state index is 0.679. The minimum atomic E-state index is 0.679. The highest BCUT2D eigenvalue weighted by Gasteiger charge is 2.05. The molecule has 0 spiro atoms. The number of hydrogen-bond donors (Lipinski definition) is 2. The SMILES string of the molecule is CCN(CC)CCOc1ccc(CNC(=NC)NCc2nc(C)c(C)s2)cc1. The minimum Gasteiger partial charge on any atom is -0.492 e. The van der Waals surface area contributed by atoms with Gasteiger partial charge in [0.2, 0.25) is 0 Å². The van der Waals surface area contributed by atoms with Crippen molar-refractivity contribution in [2.45, 2.75) is 40.8 Å². The summed E-state index contributed by atoms with van der Waals surface area (Å²) in [7, 11) is 1.78. The predicted octanol–water partition coefficient (Wildman–Crippen LogP) is 3.35. The molecule has 0 aliphatic carbocycles. The van der Waals surface area contributed by atoms with Crippen LogP contribution in [-0.2, 0) is 13.1 Å². The summed E-state index contributed by atoms with van der Waals surface area (Å²) >= 11 is 1.72. The monoisotopic (exact) mass is 403 g/mol. The van der Waals surface area contributed by atoms with Crippen molar-refractivity contribution in [3.63, 3.8) is 0 Å². The summed E-state index contributed by atoms with van der Waals surface area (Å²) in [5.74, 6) is 1.68. The highest BCUT2D eigenvalue weighted by Crippen LogP contribution is 2.16. The predicted molar refractivity (Wildman–Crippen MR) is 118 cm³/mol. The van der Waals surface area contributed by atoms with Crippen LogP contribution < -0.4 is 15.4 Å². The lowest BCUT2D eigenvalue weighted by molar-refractivity contribution is 0.223. The number of benzene rings is 1. The van der Waals surface area contributed by atoms with Crippen molar-refractivity contribution in [1.29, 1.82) is 0 Å². The number of guanidine groups is 1. The van der Waals surface area contributed by atoms with Crippen LogP contribution in [0.25, 0.3) is 0 Å². The van der Waals surface area contributed by atoms with Crippen molar-refractivity contribution in [2.24, 2.45) is 4.99 Å². The number of rotatable bonds is 10. The number of thiazole rings is 1. The second-order valence-electron chi connectivity index (χ2n) is 6.55. The largest absolute Gasteiger partial charge is 0.492 e.